The zero-order valence-electron chi connectivity index (χ0n) is 14.9. The van der Waals surface area contributed by atoms with Gasteiger partial charge in [0.2, 0.25) is 5.91 Å². The maximum atomic E-state index is 12.9. The normalized spacial score (nSPS) is 21.4. The van der Waals surface area contributed by atoms with Gasteiger partial charge < -0.3 is 4.42 Å². The number of hydrogen-bond acceptors (Lipinski definition) is 6. The van der Waals surface area contributed by atoms with E-state index in [1.165, 1.54) is 13.1 Å². The predicted molar refractivity (Wildman–Crippen MR) is 103 cm³/mol. The zero-order valence-corrected chi connectivity index (χ0v) is 14.9. The summed E-state index contributed by atoms with van der Waals surface area (Å²) in [6.45, 7) is 0. The summed E-state index contributed by atoms with van der Waals surface area (Å²) in [5.74, 6) is -1.42. The van der Waals surface area contributed by atoms with Crippen molar-refractivity contribution in [3.8, 4) is 0 Å². The van der Waals surface area contributed by atoms with Crippen molar-refractivity contribution in [2.24, 2.45) is 11.0 Å². The molecule has 7 heteroatoms. The second-order valence-electron chi connectivity index (χ2n) is 6.80. The number of para-hydroxylation sites is 2. The van der Waals surface area contributed by atoms with Crippen LogP contribution >= 0.6 is 0 Å². The highest BCUT2D eigenvalue weighted by Gasteiger charge is 2.56. The van der Waals surface area contributed by atoms with Crippen LogP contribution in [0.5, 0.6) is 0 Å². The molecule has 0 N–H and O–H groups in total. The Kier molecular flexibility index (Phi) is 3.45. The van der Waals surface area contributed by atoms with Gasteiger partial charge in [0, 0.05) is 24.1 Å². The van der Waals surface area contributed by atoms with Gasteiger partial charge in [-0.2, -0.15) is 5.10 Å². The number of hydrazone groups is 1. The van der Waals surface area contributed by atoms with E-state index in [4.69, 9.17) is 4.42 Å². The standard InChI is InChI=1S/C21H15N3O4/c1-23-20(26)17-18(14-11-16(25)28-15-10-6-5-9-13(14)15)22-24(19(17)21(23)27)12-7-3-2-4-8-12/h2-11,17,19H,1H3. The summed E-state index contributed by atoms with van der Waals surface area (Å²) in [4.78, 5) is 38.9. The Morgan fingerprint density at radius 3 is 2.43 bits per heavy atom. The van der Waals surface area contributed by atoms with Gasteiger partial charge in [-0.05, 0) is 18.2 Å². The van der Waals surface area contributed by atoms with E-state index in [9.17, 15) is 14.4 Å². The number of rotatable bonds is 2. The number of benzene rings is 2. The molecule has 3 heterocycles. The molecule has 2 aliphatic rings. The van der Waals surface area contributed by atoms with Crippen LogP contribution in [0.3, 0.4) is 0 Å². The van der Waals surface area contributed by atoms with E-state index in [1.807, 2.05) is 36.4 Å². The average molecular weight is 373 g/mol. The fourth-order valence-electron chi connectivity index (χ4n) is 3.89. The lowest BCUT2D eigenvalue weighted by atomic mass is 9.91. The van der Waals surface area contributed by atoms with E-state index in [2.05, 4.69) is 5.10 Å². The quantitative estimate of drug-likeness (QED) is 0.507. The third-order valence-electron chi connectivity index (χ3n) is 5.22. The van der Waals surface area contributed by atoms with Crippen LogP contribution in [-0.4, -0.2) is 35.5 Å². The molecule has 0 aliphatic carbocycles. The molecule has 1 fully saturated rings. The maximum absolute atomic E-state index is 12.9. The number of carbonyl (C=O) groups is 2. The molecular weight excluding hydrogens is 358 g/mol. The fourth-order valence-corrected chi connectivity index (χ4v) is 3.89. The highest BCUT2D eigenvalue weighted by Crippen LogP contribution is 2.37. The van der Waals surface area contributed by atoms with Crippen LogP contribution in [0.4, 0.5) is 5.69 Å². The minimum atomic E-state index is -0.775. The van der Waals surface area contributed by atoms with Gasteiger partial charge in [0.25, 0.3) is 5.91 Å². The lowest BCUT2D eigenvalue weighted by Crippen LogP contribution is -2.38. The maximum Gasteiger partial charge on any atom is 0.336 e. The van der Waals surface area contributed by atoms with E-state index in [0.29, 0.717) is 27.9 Å². The minimum Gasteiger partial charge on any atom is -0.423 e. The van der Waals surface area contributed by atoms with Gasteiger partial charge in [-0.1, -0.05) is 36.4 Å². The number of nitrogens with zero attached hydrogens (tertiary/aromatic N) is 3. The van der Waals surface area contributed by atoms with Crippen molar-refractivity contribution < 1.29 is 14.0 Å². The number of amides is 2. The smallest absolute Gasteiger partial charge is 0.336 e. The second-order valence-corrected chi connectivity index (χ2v) is 6.80. The van der Waals surface area contributed by atoms with Crippen molar-refractivity contribution >= 4 is 34.2 Å². The number of hydrogen-bond donors (Lipinski definition) is 0. The Balaban J connectivity index is 1.76. The predicted octanol–water partition coefficient (Wildman–Crippen LogP) is 2.00. The number of likely N-dealkylation sites (N-methyl/N-ethyl adjacent to an activating group) is 1. The Morgan fingerprint density at radius 2 is 1.64 bits per heavy atom. The van der Waals surface area contributed by atoms with Gasteiger partial charge in [-0.3, -0.25) is 19.5 Å². The number of likely N-dealkylation sites (tertiary alicyclic amines) is 1. The molecule has 7 nitrogen and oxygen atoms in total. The highest BCUT2D eigenvalue weighted by molar-refractivity contribution is 6.27. The Hall–Kier alpha value is -3.74. The second kappa shape index (κ2) is 5.88. The van der Waals surface area contributed by atoms with E-state index >= 15 is 0 Å². The molecule has 1 saturated heterocycles. The minimum absolute atomic E-state index is 0.315. The molecule has 138 valence electrons. The monoisotopic (exact) mass is 373 g/mol. The van der Waals surface area contributed by atoms with Crippen LogP contribution in [0.1, 0.15) is 5.56 Å². The molecule has 3 aromatic rings. The number of anilines is 1. The molecule has 5 rings (SSSR count). The molecule has 2 atom stereocenters. The van der Waals surface area contributed by atoms with E-state index in [-0.39, 0.29) is 11.8 Å². The highest BCUT2D eigenvalue weighted by atomic mass is 16.4. The fraction of sp³-hybridized carbons (Fsp3) is 0.143. The molecule has 0 spiro atoms. The van der Waals surface area contributed by atoms with Gasteiger partial charge in [-0.15, -0.1) is 0 Å². The zero-order chi connectivity index (χ0) is 19.4. The summed E-state index contributed by atoms with van der Waals surface area (Å²) in [6.07, 6.45) is 0. The molecule has 28 heavy (non-hydrogen) atoms. The van der Waals surface area contributed by atoms with Crippen LogP contribution in [-0.2, 0) is 9.59 Å². The summed E-state index contributed by atoms with van der Waals surface area (Å²) < 4.78 is 5.27. The van der Waals surface area contributed by atoms with Gasteiger partial charge in [0.05, 0.1) is 11.4 Å². The Labute approximate surface area is 159 Å². The molecule has 2 aromatic carbocycles. The summed E-state index contributed by atoms with van der Waals surface area (Å²) >= 11 is 0. The van der Waals surface area contributed by atoms with Crippen molar-refractivity contribution in [2.75, 3.05) is 12.1 Å². The van der Waals surface area contributed by atoms with Crippen LogP contribution in [0, 0.1) is 5.92 Å². The van der Waals surface area contributed by atoms with Crippen LogP contribution in [0.25, 0.3) is 11.0 Å². The molecule has 2 amide bonds. The average Bonchev–Trinajstić information content (AvgIpc) is 3.21. The van der Waals surface area contributed by atoms with Crippen molar-refractivity contribution in [3.63, 3.8) is 0 Å². The summed E-state index contributed by atoms with van der Waals surface area (Å²) in [7, 11) is 1.47. The molecule has 0 bridgehead atoms. The van der Waals surface area contributed by atoms with Crippen molar-refractivity contribution in [3.05, 3.63) is 76.6 Å². The van der Waals surface area contributed by atoms with Crippen molar-refractivity contribution in [1.82, 2.24) is 4.90 Å². The van der Waals surface area contributed by atoms with Gasteiger partial charge >= 0.3 is 5.63 Å². The summed E-state index contributed by atoms with van der Waals surface area (Å²) in [6, 6.07) is 16.9. The lowest BCUT2D eigenvalue weighted by Gasteiger charge is -2.20. The first-order valence-corrected chi connectivity index (χ1v) is 8.84. The van der Waals surface area contributed by atoms with E-state index in [0.717, 1.165) is 4.90 Å². The largest absolute Gasteiger partial charge is 0.423 e. The van der Waals surface area contributed by atoms with Crippen molar-refractivity contribution in [1.29, 1.82) is 0 Å². The number of imide groups is 1. The SMILES string of the molecule is CN1C(=O)C2C(c3cc(=O)oc4ccccc34)=NN(c3ccccc3)C2C1=O. The molecular formula is C21H15N3O4. The summed E-state index contributed by atoms with van der Waals surface area (Å²) in [5, 5.41) is 6.89. The van der Waals surface area contributed by atoms with E-state index in [1.54, 1.807) is 23.2 Å². The Morgan fingerprint density at radius 1 is 0.929 bits per heavy atom. The van der Waals surface area contributed by atoms with E-state index < -0.39 is 17.6 Å². The molecule has 2 aliphatic heterocycles. The molecule has 0 radical (unpaired) electrons. The summed E-state index contributed by atoms with van der Waals surface area (Å²) in [5.41, 5.74) is 1.50. The third kappa shape index (κ3) is 2.22. The third-order valence-corrected chi connectivity index (χ3v) is 5.22. The van der Waals surface area contributed by atoms with Gasteiger partial charge in [0.15, 0.2) is 0 Å². The molecule has 1 aromatic heterocycles. The topological polar surface area (TPSA) is 83.2 Å². The van der Waals surface area contributed by atoms with Crippen LogP contribution < -0.4 is 10.6 Å². The van der Waals surface area contributed by atoms with Crippen LogP contribution in [0.15, 0.2) is 75.0 Å². The lowest BCUT2D eigenvalue weighted by molar-refractivity contribution is -0.137. The molecule has 0 saturated carbocycles. The Bertz CT molecular complexity index is 1220. The van der Waals surface area contributed by atoms with Crippen molar-refractivity contribution in [2.45, 2.75) is 6.04 Å². The number of carbonyl (C=O) groups excluding carboxylic acids is 2. The van der Waals surface area contributed by atoms with Gasteiger partial charge in [-0.25, -0.2) is 4.79 Å². The molecule has 2 unspecified atom stereocenters. The van der Waals surface area contributed by atoms with Gasteiger partial charge in [0.1, 0.15) is 17.5 Å². The first kappa shape index (κ1) is 16.4. The number of fused-ring (bicyclic) bond motifs is 2. The first-order chi connectivity index (χ1) is 13.6. The first-order valence-electron chi connectivity index (χ1n) is 8.84. The van der Waals surface area contributed by atoms with Crippen LogP contribution in [0.2, 0.25) is 0 Å².